The molecule has 0 heterocycles. The van der Waals surface area contributed by atoms with Gasteiger partial charge in [0.1, 0.15) is 5.75 Å². The molecule has 1 fully saturated rings. The van der Waals surface area contributed by atoms with Crippen molar-refractivity contribution in [1.29, 1.82) is 0 Å². The summed E-state index contributed by atoms with van der Waals surface area (Å²) in [7, 11) is 0. The minimum Gasteiger partial charge on any atom is -0.491 e. The van der Waals surface area contributed by atoms with Gasteiger partial charge in [0.25, 0.3) is 0 Å². The third-order valence-electron chi connectivity index (χ3n) is 2.96. The van der Waals surface area contributed by atoms with Gasteiger partial charge in [0.2, 0.25) is 0 Å². The molecule has 0 unspecified atom stereocenters. The molecule has 3 nitrogen and oxygen atoms in total. The SMILES string of the molecule is CCOc1cc(OC2CCCC2)c(N)cc1F. The molecule has 1 aromatic carbocycles. The number of ether oxygens (including phenoxy) is 2. The summed E-state index contributed by atoms with van der Waals surface area (Å²) in [6, 6.07) is 2.81. The Morgan fingerprint density at radius 1 is 1.29 bits per heavy atom. The zero-order valence-electron chi connectivity index (χ0n) is 10.0. The van der Waals surface area contributed by atoms with Gasteiger partial charge in [0.05, 0.1) is 18.4 Å². The summed E-state index contributed by atoms with van der Waals surface area (Å²) < 4.78 is 24.4. The van der Waals surface area contributed by atoms with E-state index in [9.17, 15) is 4.39 Å². The maximum Gasteiger partial charge on any atom is 0.167 e. The number of nitrogens with two attached hydrogens (primary N) is 1. The maximum absolute atomic E-state index is 13.5. The van der Waals surface area contributed by atoms with Gasteiger partial charge in [-0.15, -0.1) is 0 Å². The topological polar surface area (TPSA) is 44.5 Å². The standard InChI is InChI=1S/C13H18FNO2/c1-2-16-12-8-13(11(15)7-10(12)14)17-9-5-3-4-6-9/h7-9H,2-6,15H2,1H3. The van der Waals surface area contributed by atoms with Crippen molar-refractivity contribution in [2.75, 3.05) is 12.3 Å². The van der Waals surface area contributed by atoms with Crippen LogP contribution in [0.25, 0.3) is 0 Å². The lowest BCUT2D eigenvalue weighted by Gasteiger charge is -2.16. The predicted molar refractivity (Wildman–Crippen MR) is 64.9 cm³/mol. The van der Waals surface area contributed by atoms with Gasteiger partial charge in [0.15, 0.2) is 11.6 Å². The summed E-state index contributed by atoms with van der Waals surface area (Å²) in [6.07, 6.45) is 4.66. The third-order valence-corrected chi connectivity index (χ3v) is 2.96. The predicted octanol–water partition coefficient (Wildman–Crippen LogP) is 3.13. The van der Waals surface area contributed by atoms with E-state index in [-0.39, 0.29) is 11.9 Å². The van der Waals surface area contributed by atoms with Crippen LogP contribution in [0.5, 0.6) is 11.5 Å². The largest absolute Gasteiger partial charge is 0.491 e. The lowest BCUT2D eigenvalue weighted by molar-refractivity contribution is 0.209. The van der Waals surface area contributed by atoms with E-state index in [1.54, 1.807) is 6.07 Å². The molecule has 2 rings (SSSR count). The molecule has 0 aliphatic heterocycles. The monoisotopic (exact) mass is 239 g/mol. The average molecular weight is 239 g/mol. The van der Waals surface area contributed by atoms with Crippen molar-refractivity contribution in [3.63, 3.8) is 0 Å². The fraction of sp³-hybridized carbons (Fsp3) is 0.538. The summed E-state index contributed by atoms with van der Waals surface area (Å²) in [4.78, 5) is 0. The maximum atomic E-state index is 13.5. The van der Waals surface area contributed by atoms with Crippen LogP contribution in [0.2, 0.25) is 0 Å². The second kappa shape index (κ2) is 5.25. The first-order chi connectivity index (χ1) is 8.20. The Morgan fingerprint density at radius 3 is 2.65 bits per heavy atom. The van der Waals surface area contributed by atoms with E-state index >= 15 is 0 Å². The molecule has 0 saturated heterocycles. The van der Waals surface area contributed by atoms with Crippen molar-refractivity contribution in [1.82, 2.24) is 0 Å². The summed E-state index contributed by atoms with van der Waals surface area (Å²) >= 11 is 0. The highest BCUT2D eigenvalue weighted by Crippen LogP contribution is 2.33. The molecule has 1 saturated carbocycles. The van der Waals surface area contributed by atoms with Gasteiger partial charge in [0, 0.05) is 12.1 Å². The zero-order valence-corrected chi connectivity index (χ0v) is 10.0. The van der Waals surface area contributed by atoms with Crippen LogP contribution < -0.4 is 15.2 Å². The van der Waals surface area contributed by atoms with E-state index in [0.29, 0.717) is 18.0 Å². The molecule has 1 aliphatic carbocycles. The van der Waals surface area contributed by atoms with Crippen LogP contribution in [0.4, 0.5) is 10.1 Å². The van der Waals surface area contributed by atoms with E-state index in [0.717, 1.165) is 12.8 Å². The molecule has 0 radical (unpaired) electrons. The van der Waals surface area contributed by atoms with Crippen LogP contribution in [-0.2, 0) is 0 Å². The minimum atomic E-state index is -0.442. The Kier molecular flexibility index (Phi) is 3.71. The number of hydrogen-bond acceptors (Lipinski definition) is 3. The second-order valence-corrected chi connectivity index (χ2v) is 4.28. The quantitative estimate of drug-likeness (QED) is 0.821. The van der Waals surface area contributed by atoms with Gasteiger partial charge < -0.3 is 15.2 Å². The molecular weight excluding hydrogens is 221 g/mol. The average Bonchev–Trinajstić information content (AvgIpc) is 2.78. The first kappa shape index (κ1) is 12.0. The second-order valence-electron chi connectivity index (χ2n) is 4.28. The molecule has 0 bridgehead atoms. The van der Waals surface area contributed by atoms with Crippen LogP contribution in [-0.4, -0.2) is 12.7 Å². The Bertz CT molecular complexity index is 389. The van der Waals surface area contributed by atoms with Crippen molar-refractivity contribution in [2.24, 2.45) is 0 Å². The molecule has 0 spiro atoms. The lowest BCUT2D eigenvalue weighted by Crippen LogP contribution is -2.12. The fourth-order valence-corrected chi connectivity index (χ4v) is 2.10. The third kappa shape index (κ3) is 2.81. The number of hydrogen-bond donors (Lipinski definition) is 1. The van der Waals surface area contributed by atoms with Crippen molar-refractivity contribution < 1.29 is 13.9 Å². The summed E-state index contributed by atoms with van der Waals surface area (Å²) in [5.74, 6) is 0.291. The van der Waals surface area contributed by atoms with E-state index in [2.05, 4.69) is 0 Å². The van der Waals surface area contributed by atoms with Gasteiger partial charge in [-0.2, -0.15) is 0 Å². The van der Waals surface area contributed by atoms with Crippen LogP contribution in [0.15, 0.2) is 12.1 Å². The highest BCUT2D eigenvalue weighted by Gasteiger charge is 2.19. The Balaban J connectivity index is 2.16. The fourth-order valence-electron chi connectivity index (χ4n) is 2.10. The van der Waals surface area contributed by atoms with Crippen LogP contribution in [0, 0.1) is 5.82 Å². The van der Waals surface area contributed by atoms with Crippen molar-refractivity contribution in [3.05, 3.63) is 17.9 Å². The molecule has 1 aliphatic rings. The number of halogens is 1. The first-order valence-corrected chi connectivity index (χ1v) is 6.09. The molecule has 94 valence electrons. The van der Waals surface area contributed by atoms with Gasteiger partial charge in [-0.25, -0.2) is 4.39 Å². The Hall–Kier alpha value is -1.45. The first-order valence-electron chi connectivity index (χ1n) is 6.09. The molecule has 0 atom stereocenters. The van der Waals surface area contributed by atoms with Gasteiger partial charge in [-0.1, -0.05) is 0 Å². The number of nitrogen functional groups attached to an aromatic ring is 1. The minimum absolute atomic E-state index is 0.203. The Labute approximate surface area is 101 Å². The summed E-state index contributed by atoms with van der Waals surface area (Å²) in [5.41, 5.74) is 6.08. The Morgan fingerprint density at radius 2 is 2.00 bits per heavy atom. The molecule has 17 heavy (non-hydrogen) atoms. The van der Waals surface area contributed by atoms with Crippen LogP contribution in [0.1, 0.15) is 32.6 Å². The number of rotatable bonds is 4. The summed E-state index contributed by atoms with van der Waals surface area (Å²) in [5, 5.41) is 0. The summed E-state index contributed by atoms with van der Waals surface area (Å²) in [6.45, 7) is 2.23. The van der Waals surface area contributed by atoms with Gasteiger partial charge in [-0.05, 0) is 32.6 Å². The van der Waals surface area contributed by atoms with Gasteiger partial charge >= 0.3 is 0 Å². The molecule has 4 heteroatoms. The molecular formula is C13H18FNO2. The van der Waals surface area contributed by atoms with E-state index < -0.39 is 5.82 Å². The smallest absolute Gasteiger partial charge is 0.167 e. The van der Waals surface area contributed by atoms with Crippen LogP contribution >= 0.6 is 0 Å². The van der Waals surface area contributed by atoms with Crippen molar-refractivity contribution in [2.45, 2.75) is 38.7 Å². The van der Waals surface area contributed by atoms with Crippen LogP contribution in [0.3, 0.4) is 0 Å². The van der Waals surface area contributed by atoms with Gasteiger partial charge in [-0.3, -0.25) is 0 Å². The van der Waals surface area contributed by atoms with E-state index in [1.165, 1.54) is 18.9 Å². The highest BCUT2D eigenvalue weighted by atomic mass is 19.1. The zero-order chi connectivity index (χ0) is 12.3. The number of benzene rings is 1. The van der Waals surface area contributed by atoms with Crippen molar-refractivity contribution >= 4 is 5.69 Å². The lowest BCUT2D eigenvalue weighted by atomic mass is 10.2. The molecule has 0 aromatic heterocycles. The molecule has 1 aromatic rings. The molecule has 2 N–H and O–H groups in total. The molecule has 0 amide bonds. The highest BCUT2D eigenvalue weighted by molar-refractivity contribution is 5.56. The van der Waals surface area contributed by atoms with E-state index in [1.807, 2.05) is 6.92 Å². The normalized spacial score (nSPS) is 16.1. The number of anilines is 1. The van der Waals surface area contributed by atoms with E-state index in [4.69, 9.17) is 15.2 Å². The van der Waals surface area contributed by atoms with Crippen molar-refractivity contribution in [3.8, 4) is 11.5 Å².